The fourth-order valence-electron chi connectivity index (χ4n) is 3.18. The van der Waals surface area contributed by atoms with Gasteiger partial charge in [0.25, 0.3) is 0 Å². The zero-order chi connectivity index (χ0) is 15.4. The van der Waals surface area contributed by atoms with Gasteiger partial charge in [0.05, 0.1) is 16.4 Å². The monoisotopic (exact) mass is 312 g/mol. The maximum Gasteiger partial charge on any atom is 0.0860 e. The minimum Gasteiger partial charge on any atom is -0.313 e. The van der Waals surface area contributed by atoms with Crippen molar-refractivity contribution in [2.75, 3.05) is 19.6 Å². The van der Waals surface area contributed by atoms with Crippen molar-refractivity contribution in [2.24, 2.45) is 5.92 Å². The summed E-state index contributed by atoms with van der Waals surface area (Å²) in [7, 11) is 0. The van der Waals surface area contributed by atoms with Gasteiger partial charge in [-0.25, -0.2) is 0 Å². The summed E-state index contributed by atoms with van der Waals surface area (Å²) in [6, 6.07) is 0.627. The van der Waals surface area contributed by atoms with Crippen LogP contribution in [0, 0.1) is 12.8 Å². The second-order valence-corrected chi connectivity index (χ2v) is 6.92. The molecule has 0 aliphatic carbocycles. The SMILES string of the molecule is CCn1nc(C)c(Cl)c1CN(CC(C)C)CC1CCCN1. The molecule has 0 spiro atoms. The van der Waals surface area contributed by atoms with Gasteiger partial charge in [-0.05, 0) is 39.2 Å². The van der Waals surface area contributed by atoms with E-state index in [1.165, 1.54) is 12.8 Å². The van der Waals surface area contributed by atoms with Crippen molar-refractivity contribution in [1.82, 2.24) is 20.0 Å². The average Bonchev–Trinajstić information content (AvgIpc) is 3.01. The van der Waals surface area contributed by atoms with Gasteiger partial charge in [0, 0.05) is 32.2 Å². The highest BCUT2D eigenvalue weighted by atomic mass is 35.5. The van der Waals surface area contributed by atoms with Crippen molar-refractivity contribution < 1.29 is 0 Å². The maximum atomic E-state index is 6.46. The third kappa shape index (κ3) is 4.44. The predicted molar refractivity (Wildman–Crippen MR) is 88.8 cm³/mol. The molecule has 1 aliphatic heterocycles. The average molecular weight is 313 g/mol. The molecule has 1 aromatic heterocycles. The largest absolute Gasteiger partial charge is 0.313 e. The first kappa shape index (κ1) is 16.8. The Morgan fingerprint density at radius 3 is 2.81 bits per heavy atom. The van der Waals surface area contributed by atoms with Crippen molar-refractivity contribution in [2.45, 2.75) is 59.7 Å². The molecule has 1 aliphatic rings. The first-order chi connectivity index (χ1) is 10.0. The molecule has 0 saturated carbocycles. The van der Waals surface area contributed by atoms with E-state index in [-0.39, 0.29) is 0 Å². The summed E-state index contributed by atoms with van der Waals surface area (Å²) in [4.78, 5) is 2.53. The number of nitrogens with one attached hydrogen (secondary N) is 1. The third-order valence-electron chi connectivity index (χ3n) is 4.09. The second-order valence-electron chi connectivity index (χ2n) is 6.54. The molecule has 1 fully saturated rings. The molecule has 1 atom stereocenters. The summed E-state index contributed by atoms with van der Waals surface area (Å²) >= 11 is 6.46. The van der Waals surface area contributed by atoms with Crippen LogP contribution in [-0.2, 0) is 13.1 Å². The minimum absolute atomic E-state index is 0.627. The molecule has 2 heterocycles. The highest BCUT2D eigenvalue weighted by Gasteiger charge is 2.21. The van der Waals surface area contributed by atoms with E-state index in [0.717, 1.165) is 49.1 Å². The molecular weight excluding hydrogens is 284 g/mol. The van der Waals surface area contributed by atoms with Crippen LogP contribution in [0.1, 0.15) is 45.0 Å². The normalized spacial score (nSPS) is 19.1. The first-order valence-corrected chi connectivity index (χ1v) is 8.56. The van der Waals surface area contributed by atoms with Crippen molar-refractivity contribution in [3.8, 4) is 0 Å². The smallest absolute Gasteiger partial charge is 0.0860 e. The van der Waals surface area contributed by atoms with E-state index < -0.39 is 0 Å². The van der Waals surface area contributed by atoms with E-state index in [1.54, 1.807) is 0 Å². The van der Waals surface area contributed by atoms with Gasteiger partial charge in [-0.1, -0.05) is 25.4 Å². The molecule has 1 unspecified atom stereocenters. The highest BCUT2D eigenvalue weighted by molar-refractivity contribution is 6.31. The first-order valence-electron chi connectivity index (χ1n) is 8.18. The van der Waals surface area contributed by atoms with Gasteiger partial charge in [-0.15, -0.1) is 0 Å². The molecule has 1 aromatic rings. The maximum absolute atomic E-state index is 6.46. The van der Waals surface area contributed by atoms with E-state index in [9.17, 15) is 0 Å². The van der Waals surface area contributed by atoms with Gasteiger partial charge in [-0.3, -0.25) is 9.58 Å². The molecule has 4 nitrogen and oxygen atoms in total. The molecule has 0 aromatic carbocycles. The topological polar surface area (TPSA) is 33.1 Å². The van der Waals surface area contributed by atoms with E-state index >= 15 is 0 Å². The fourth-order valence-corrected chi connectivity index (χ4v) is 3.37. The zero-order valence-corrected chi connectivity index (χ0v) is 14.6. The molecule has 0 amide bonds. The number of nitrogens with zero attached hydrogens (tertiary/aromatic N) is 3. The lowest BCUT2D eigenvalue weighted by molar-refractivity contribution is 0.210. The summed E-state index contributed by atoms with van der Waals surface area (Å²) in [6.07, 6.45) is 2.58. The standard InChI is InChI=1S/C16H29ClN4/c1-5-21-15(16(17)13(4)19-21)11-20(9-12(2)3)10-14-7-6-8-18-14/h12,14,18H,5-11H2,1-4H3. The van der Waals surface area contributed by atoms with Gasteiger partial charge in [-0.2, -0.15) is 5.10 Å². The summed E-state index contributed by atoms with van der Waals surface area (Å²) in [5.74, 6) is 0.657. The Bertz CT molecular complexity index is 449. The van der Waals surface area contributed by atoms with Gasteiger partial charge >= 0.3 is 0 Å². The lowest BCUT2D eigenvalue weighted by Crippen LogP contribution is -2.39. The Hall–Kier alpha value is -0.580. The van der Waals surface area contributed by atoms with Gasteiger partial charge < -0.3 is 5.32 Å². The molecule has 21 heavy (non-hydrogen) atoms. The molecule has 5 heteroatoms. The van der Waals surface area contributed by atoms with Crippen LogP contribution < -0.4 is 5.32 Å². The minimum atomic E-state index is 0.627. The molecule has 1 saturated heterocycles. The Balaban J connectivity index is 2.09. The number of aromatic nitrogens is 2. The summed E-state index contributed by atoms with van der Waals surface area (Å²) < 4.78 is 2.05. The van der Waals surface area contributed by atoms with E-state index in [2.05, 4.69) is 36.1 Å². The van der Waals surface area contributed by atoms with Crippen LogP contribution in [0.15, 0.2) is 0 Å². The Labute approximate surface area is 133 Å². The quantitative estimate of drug-likeness (QED) is 0.840. The van der Waals surface area contributed by atoms with Crippen LogP contribution in [-0.4, -0.2) is 40.4 Å². The molecule has 1 N–H and O–H groups in total. The van der Waals surface area contributed by atoms with Crippen LogP contribution in [0.5, 0.6) is 0 Å². The molecule has 0 bridgehead atoms. The van der Waals surface area contributed by atoms with Crippen molar-refractivity contribution in [1.29, 1.82) is 0 Å². The lowest BCUT2D eigenvalue weighted by Gasteiger charge is -2.27. The number of hydrogen-bond donors (Lipinski definition) is 1. The third-order valence-corrected chi connectivity index (χ3v) is 4.58. The number of halogens is 1. The van der Waals surface area contributed by atoms with Crippen molar-refractivity contribution >= 4 is 11.6 Å². The van der Waals surface area contributed by atoms with Crippen LogP contribution in [0.4, 0.5) is 0 Å². The summed E-state index contributed by atoms with van der Waals surface area (Å²) in [5.41, 5.74) is 2.10. The fraction of sp³-hybridized carbons (Fsp3) is 0.812. The zero-order valence-electron chi connectivity index (χ0n) is 13.8. The molecule has 2 rings (SSSR count). The highest BCUT2D eigenvalue weighted by Crippen LogP contribution is 2.22. The van der Waals surface area contributed by atoms with Gasteiger partial charge in [0.2, 0.25) is 0 Å². The number of aryl methyl sites for hydroxylation is 2. The van der Waals surface area contributed by atoms with Crippen LogP contribution >= 0.6 is 11.6 Å². The van der Waals surface area contributed by atoms with E-state index in [1.807, 2.05) is 11.6 Å². The van der Waals surface area contributed by atoms with Crippen LogP contribution in [0.3, 0.4) is 0 Å². The van der Waals surface area contributed by atoms with Crippen molar-refractivity contribution in [3.05, 3.63) is 16.4 Å². The molecule has 120 valence electrons. The van der Waals surface area contributed by atoms with Gasteiger partial charge in [0.1, 0.15) is 0 Å². The Morgan fingerprint density at radius 2 is 2.24 bits per heavy atom. The van der Waals surface area contributed by atoms with Crippen LogP contribution in [0.25, 0.3) is 0 Å². The lowest BCUT2D eigenvalue weighted by atomic mass is 10.1. The Kier molecular flexibility index (Phi) is 6.08. The second kappa shape index (κ2) is 7.61. The number of rotatable bonds is 7. The Morgan fingerprint density at radius 1 is 1.48 bits per heavy atom. The van der Waals surface area contributed by atoms with Gasteiger partial charge in [0.15, 0.2) is 0 Å². The summed E-state index contributed by atoms with van der Waals surface area (Å²) in [6.45, 7) is 13.8. The van der Waals surface area contributed by atoms with Crippen LogP contribution in [0.2, 0.25) is 5.02 Å². The van der Waals surface area contributed by atoms with E-state index in [4.69, 9.17) is 11.6 Å². The summed E-state index contributed by atoms with van der Waals surface area (Å²) in [5, 5.41) is 8.97. The molecular formula is C16H29ClN4. The number of hydrogen-bond acceptors (Lipinski definition) is 3. The van der Waals surface area contributed by atoms with E-state index in [0.29, 0.717) is 12.0 Å². The molecule has 0 radical (unpaired) electrons. The van der Waals surface area contributed by atoms with Crippen molar-refractivity contribution in [3.63, 3.8) is 0 Å². The predicted octanol–water partition coefficient (Wildman–Crippen LogP) is 3.07.